The number of ether oxygens (including phenoxy) is 1. The maximum Gasteiger partial charge on any atom is 0.261 e. The number of nitrogens with two attached hydrogens (primary N) is 1. The highest BCUT2D eigenvalue weighted by atomic mass is 19.1. The number of primary amides is 1. The first-order valence-corrected chi connectivity index (χ1v) is 6.48. The Kier molecular flexibility index (Phi) is 4.37. The first-order chi connectivity index (χ1) is 10.0. The van der Waals surface area contributed by atoms with E-state index in [4.69, 9.17) is 10.5 Å². The number of carbonyl (C=O) groups excluding carboxylic acids is 1. The number of nitrogens with one attached hydrogen (secondary N) is 1. The lowest BCUT2D eigenvalue weighted by Crippen LogP contribution is -2.23. The molecule has 21 heavy (non-hydrogen) atoms. The number of hydrogen-bond acceptors (Lipinski definition) is 3. The molecule has 2 rings (SSSR count). The minimum atomic E-state index is -0.815. The third-order valence-electron chi connectivity index (χ3n) is 2.87. The molecule has 1 aromatic carbocycles. The van der Waals surface area contributed by atoms with E-state index in [1.54, 1.807) is 0 Å². The number of rotatable bonds is 5. The molecule has 0 fully saturated rings. The summed E-state index contributed by atoms with van der Waals surface area (Å²) in [5, 5.41) is 0. The van der Waals surface area contributed by atoms with Gasteiger partial charge < -0.3 is 15.5 Å². The van der Waals surface area contributed by atoms with Gasteiger partial charge in [0.05, 0.1) is 12.3 Å². The lowest BCUT2D eigenvalue weighted by atomic mass is 10.1. The Bertz CT molecular complexity index is 725. The Morgan fingerprint density at radius 1 is 1.33 bits per heavy atom. The van der Waals surface area contributed by atoms with Gasteiger partial charge in [0.2, 0.25) is 0 Å². The van der Waals surface area contributed by atoms with Crippen molar-refractivity contribution in [1.82, 2.24) is 4.98 Å². The van der Waals surface area contributed by atoms with Crippen LogP contribution in [0.2, 0.25) is 0 Å². The average Bonchev–Trinajstić information content (AvgIpc) is 2.45. The van der Waals surface area contributed by atoms with Gasteiger partial charge in [-0.1, -0.05) is 6.92 Å². The molecule has 0 aliphatic carbocycles. The second kappa shape index (κ2) is 6.21. The number of benzene rings is 1. The summed E-state index contributed by atoms with van der Waals surface area (Å²) in [6.45, 7) is 2.43. The Balaban J connectivity index is 2.50. The van der Waals surface area contributed by atoms with Crippen LogP contribution in [0, 0.1) is 5.82 Å². The van der Waals surface area contributed by atoms with Gasteiger partial charge in [0.1, 0.15) is 17.1 Å². The quantitative estimate of drug-likeness (QED) is 0.884. The molecule has 0 bridgehead atoms. The Labute approximate surface area is 120 Å². The molecule has 0 spiro atoms. The molecule has 1 heterocycles. The van der Waals surface area contributed by atoms with Crippen LogP contribution in [0.3, 0.4) is 0 Å². The van der Waals surface area contributed by atoms with E-state index in [0.29, 0.717) is 23.6 Å². The first-order valence-electron chi connectivity index (χ1n) is 6.48. The van der Waals surface area contributed by atoms with E-state index in [2.05, 4.69) is 4.98 Å². The molecule has 0 aliphatic rings. The van der Waals surface area contributed by atoms with Crippen LogP contribution < -0.4 is 16.0 Å². The fourth-order valence-corrected chi connectivity index (χ4v) is 1.88. The van der Waals surface area contributed by atoms with Gasteiger partial charge in [-0.25, -0.2) is 4.39 Å². The molecular formula is C15H15FN2O3. The largest absolute Gasteiger partial charge is 0.493 e. The fourth-order valence-electron chi connectivity index (χ4n) is 1.88. The van der Waals surface area contributed by atoms with Crippen molar-refractivity contribution >= 4 is 5.91 Å². The summed E-state index contributed by atoms with van der Waals surface area (Å²) in [5.74, 6) is -0.807. The Morgan fingerprint density at radius 2 is 2.10 bits per heavy atom. The number of halogens is 1. The minimum Gasteiger partial charge on any atom is -0.493 e. The maximum atomic E-state index is 13.4. The highest BCUT2D eigenvalue weighted by Crippen LogP contribution is 2.29. The lowest BCUT2D eigenvalue weighted by Gasteiger charge is -2.11. The van der Waals surface area contributed by atoms with Crippen molar-refractivity contribution in [3.05, 3.63) is 52.1 Å². The number of amides is 1. The van der Waals surface area contributed by atoms with Gasteiger partial charge >= 0.3 is 0 Å². The molecule has 3 N–H and O–H groups in total. The number of hydrogen-bond donors (Lipinski definition) is 2. The van der Waals surface area contributed by atoms with Crippen LogP contribution in [-0.2, 0) is 0 Å². The standard InChI is InChI=1S/C15H15FN2O3/c1-2-7-21-13-6-3-9(16)8-11(13)12-5-4-10(14(17)19)15(20)18-12/h3-6,8H,2,7H2,1H3,(H2,17,19)(H,18,20). The van der Waals surface area contributed by atoms with Gasteiger partial charge in [0.15, 0.2) is 0 Å². The summed E-state index contributed by atoms with van der Waals surface area (Å²) in [4.78, 5) is 25.3. The zero-order chi connectivity index (χ0) is 15.4. The number of carbonyl (C=O) groups is 1. The molecule has 0 saturated carbocycles. The third kappa shape index (κ3) is 3.28. The first kappa shape index (κ1) is 14.8. The summed E-state index contributed by atoms with van der Waals surface area (Å²) in [7, 11) is 0. The maximum absolute atomic E-state index is 13.4. The van der Waals surface area contributed by atoms with E-state index in [1.807, 2.05) is 6.92 Å². The number of aromatic nitrogens is 1. The molecule has 2 aromatic rings. The molecule has 0 aliphatic heterocycles. The number of pyridine rings is 1. The van der Waals surface area contributed by atoms with Crippen LogP contribution >= 0.6 is 0 Å². The van der Waals surface area contributed by atoms with Gasteiger partial charge in [0, 0.05) is 5.56 Å². The summed E-state index contributed by atoms with van der Waals surface area (Å²) < 4.78 is 19.0. The smallest absolute Gasteiger partial charge is 0.261 e. The van der Waals surface area contributed by atoms with E-state index in [0.717, 1.165) is 6.42 Å². The summed E-state index contributed by atoms with van der Waals surface area (Å²) in [6.07, 6.45) is 0.800. The molecule has 6 heteroatoms. The molecule has 1 aromatic heterocycles. The predicted molar refractivity (Wildman–Crippen MR) is 76.8 cm³/mol. The normalized spacial score (nSPS) is 10.4. The molecule has 0 atom stereocenters. The molecule has 0 unspecified atom stereocenters. The van der Waals surface area contributed by atoms with Gasteiger partial charge in [-0.2, -0.15) is 0 Å². The lowest BCUT2D eigenvalue weighted by molar-refractivity contribution is 0.0999. The topological polar surface area (TPSA) is 85.2 Å². The van der Waals surface area contributed by atoms with Crippen LogP contribution in [0.25, 0.3) is 11.3 Å². The van der Waals surface area contributed by atoms with Crippen LogP contribution in [-0.4, -0.2) is 17.5 Å². The fraction of sp³-hybridized carbons (Fsp3) is 0.200. The van der Waals surface area contributed by atoms with Crippen molar-refractivity contribution < 1.29 is 13.9 Å². The van der Waals surface area contributed by atoms with Crippen molar-refractivity contribution in [1.29, 1.82) is 0 Å². The van der Waals surface area contributed by atoms with E-state index >= 15 is 0 Å². The molecule has 0 radical (unpaired) electrons. The third-order valence-corrected chi connectivity index (χ3v) is 2.87. The summed E-state index contributed by atoms with van der Waals surface area (Å²) in [6, 6.07) is 6.85. The van der Waals surface area contributed by atoms with Gasteiger partial charge in [-0.15, -0.1) is 0 Å². The van der Waals surface area contributed by atoms with Crippen molar-refractivity contribution in [3.8, 4) is 17.0 Å². The number of H-pyrrole nitrogens is 1. The summed E-state index contributed by atoms with van der Waals surface area (Å²) in [5.41, 5.74) is 5.08. The molecule has 1 amide bonds. The van der Waals surface area contributed by atoms with Crippen molar-refractivity contribution in [2.24, 2.45) is 5.73 Å². The van der Waals surface area contributed by atoms with Gasteiger partial charge in [-0.3, -0.25) is 9.59 Å². The summed E-state index contributed by atoms with van der Waals surface area (Å²) >= 11 is 0. The van der Waals surface area contributed by atoms with Crippen LogP contribution in [0.1, 0.15) is 23.7 Å². The predicted octanol–water partition coefficient (Wildman–Crippen LogP) is 2.07. The molecule has 0 saturated heterocycles. The average molecular weight is 290 g/mol. The van der Waals surface area contributed by atoms with Crippen molar-refractivity contribution in [2.75, 3.05) is 6.61 Å². The molecule has 5 nitrogen and oxygen atoms in total. The zero-order valence-electron chi connectivity index (χ0n) is 11.5. The monoisotopic (exact) mass is 290 g/mol. The molecular weight excluding hydrogens is 275 g/mol. The second-order valence-corrected chi connectivity index (χ2v) is 4.47. The minimum absolute atomic E-state index is 0.147. The van der Waals surface area contributed by atoms with Crippen LogP contribution in [0.4, 0.5) is 4.39 Å². The Hall–Kier alpha value is -2.63. The van der Waals surface area contributed by atoms with Crippen molar-refractivity contribution in [2.45, 2.75) is 13.3 Å². The highest BCUT2D eigenvalue weighted by Gasteiger charge is 2.12. The SMILES string of the molecule is CCCOc1ccc(F)cc1-c1ccc(C(N)=O)c(=O)[nH]1. The van der Waals surface area contributed by atoms with E-state index in [9.17, 15) is 14.0 Å². The second-order valence-electron chi connectivity index (χ2n) is 4.47. The highest BCUT2D eigenvalue weighted by molar-refractivity contribution is 5.92. The van der Waals surface area contributed by atoms with E-state index < -0.39 is 17.3 Å². The van der Waals surface area contributed by atoms with Crippen LogP contribution in [0.15, 0.2) is 35.1 Å². The van der Waals surface area contributed by atoms with Crippen molar-refractivity contribution in [3.63, 3.8) is 0 Å². The van der Waals surface area contributed by atoms with Gasteiger partial charge in [-0.05, 0) is 36.8 Å². The zero-order valence-corrected chi connectivity index (χ0v) is 11.5. The molecule has 110 valence electrons. The van der Waals surface area contributed by atoms with Gasteiger partial charge in [0.25, 0.3) is 11.5 Å². The number of aromatic amines is 1. The Morgan fingerprint density at radius 3 is 2.71 bits per heavy atom. The van der Waals surface area contributed by atoms with E-state index in [-0.39, 0.29) is 5.56 Å². The van der Waals surface area contributed by atoms with Crippen LogP contribution in [0.5, 0.6) is 5.75 Å². The van der Waals surface area contributed by atoms with E-state index in [1.165, 1.54) is 30.3 Å².